The lowest BCUT2D eigenvalue weighted by molar-refractivity contribution is -0.137. The van der Waals surface area contributed by atoms with Crippen LogP contribution < -0.4 is 4.90 Å². The van der Waals surface area contributed by atoms with Crippen LogP contribution in [0.15, 0.2) is 88.2 Å². The minimum absolute atomic E-state index is 0.165. The molecule has 0 saturated carbocycles. The van der Waals surface area contributed by atoms with Crippen LogP contribution in [0.4, 0.5) is 23.7 Å². The second kappa shape index (κ2) is 7.97. The van der Waals surface area contributed by atoms with Gasteiger partial charge in [0.15, 0.2) is 0 Å². The van der Waals surface area contributed by atoms with Gasteiger partial charge in [-0.15, -0.1) is 0 Å². The zero-order chi connectivity index (χ0) is 23.2. The molecule has 0 bridgehead atoms. The van der Waals surface area contributed by atoms with Crippen molar-refractivity contribution >= 4 is 45.4 Å². The van der Waals surface area contributed by atoms with Gasteiger partial charge < -0.3 is 4.42 Å². The van der Waals surface area contributed by atoms with Crippen LogP contribution in [0.5, 0.6) is 0 Å². The standard InChI is InChI=1S/C25H14F3NO3S/c26-25(27,28)17-8-3-7-16(13-17)21-12-11-18(32-21)14-22-23(30)29(24(31)33-22)20-10-4-6-15-5-1-2-9-19(15)20/h1-14H/b22-14-. The molecule has 5 rings (SSSR count). The molecule has 4 nitrogen and oxygen atoms in total. The second-order valence-corrected chi connectivity index (χ2v) is 8.29. The lowest BCUT2D eigenvalue weighted by Crippen LogP contribution is -2.27. The second-order valence-electron chi connectivity index (χ2n) is 7.30. The van der Waals surface area contributed by atoms with Gasteiger partial charge in [-0.2, -0.15) is 13.2 Å². The van der Waals surface area contributed by atoms with Crippen LogP contribution in [-0.2, 0) is 11.0 Å². The third-order valence-electron chi connectivity index (χ3n) is 5.18. The molecule has 164 valence electrons. The summed E-state index contributed by atoms with van der Waals surface area (Å²) in [6.45, 7) is 0. The van der Waals surface area contributed by atoms with Crippen molar-refractivity contribution in [1.82, 2.24) is 0 Å². The summed E-state index contributed by atoms with van der Waals surface area (Å²) in [5.74, 6) is -0.00941. The molecule has 0 radical (unpaired) electrons. The molecular formula is C25H14F3NO3S. The Morgan fingerprint density at radius 1 is 0.879 bits per heavy atom. The SMILES string of the molecule is O=C1S/C(=C\c2ccc(-c3cccc(C(F)(F)F)c3)o2)C(=O)N1c1cccc2ccccc12. The maximum Gasteiger partial charge on any atom is 0.416 e. The molecule has 0 aliphatic carbocycles. The topological polar surface area (TPSA) is 50.5 Å². The number of benzene rings is 3. The van der Waals surface area contributed by atoms with E-state index in [1.807, 2.05) is 30.3 Å². The Balaban J connectivity index is 1.45. The highest BCUT2D eigenvalue weighted by molar-refractivity contribution is 8.19. The molecule has 0 spiro atoms. The van der Waals surface area contributed by atoms with Crippen molar-refractivity contribution < 1.29 is 27.2 Å². The molecule has 0 unspecified atom stereocenters. The Morgan fingerprint density at radius 2 is 1.64 bits per heavy atom. The number of alkyl halides is 3. The van der Waals surface area contributed by atoms with Gasteiger partial charge in [-0.05, 0) is 47.5 Å². The van der Waals surface area contributed by atoms with Gasteiger partial charge in [0, 0.05) is 17.0 Å². The van der Waals surface area contributed by atoms with Crippen LogP contribution >= 0.6 is 11.8 Å². The van der Waals surface area contributed by atoms with Crippen LogP contribution in [0.3, 0.4) is 0 Å². The van der Waals surface area contributed by atoms with Crippen LogP contribution in [0.25, 0.3) is 28.2 Å². The molecule has 2 amide bonds. The molecular weight excluding hydrogens is 451 g/mol. The Morgan fingerprint density at radius 3 is 2.45 bits per heavy atom. The lowest BCUT2D eigenvalue weighted by Gasteiger charge is -2.15. The number of fused-ring (bicyclic) bond motifs is 1. The maximum atomic E-state index is 13.0. The van der Waals surface area contributed by atoms with Gasteiger partial charge in [0.2, 0.25) is 0 Å². The summed E-state index contributed by atoms with van der Waals surface area (Å²) in [5, 5.41) is 1.23. The lowest BCUT2D eigenvalue weighted by atomic mass is 10.1. The first kappa shape index (κ1) is 21.1. The van der Waals surface area contributed by atoms with Gasteiger partial charge in [-0.3, -0.25) is 9.59 Å². The van der Waals surface area contributed by atoms with E-state index in [-0.39, 0.29) is 22.0 Å². The fourth-order valence-corrected chi connectivity index (χ4v) is 4.46. The molecule has 1 fully saturated rings. The third-order valence-corrected chi connectivity index (χ3v) is 6.05. The van der Waals surface area contributed by atoms with Crippen molar-refractivity contribution in [3.8, 4) is 11.3 Å². The van der Waals surface area contributed by atoms with Crippen molar-refractivity contribution in [3.05, 3.63) is 95.1 Å². The van der Waals surface area contributed by atoms with Crippen molar-refractivity contribution in [2.45, 2.75) is 6.18 Å². The smallest absolute Gasteiger partial charge is 0.416 e. The number of carbonyl (C=O) groups is 2. The predicted octanol–water partition coefficient (Wildman–Crippen LogP) is 7.36. The zero-order valence-corrected chi connectivity index (χ0v) is 17.6. The van der Waals surface area contributed by atoms with E-state index < -0.39 is 22.9 Å². The summed E-state index contributed by atoms with van der Waals surface area (Å²) in [7, 11) is 0. The Bertz CT molecular complexity index is 1430. The van der Waals surface area contributed by atoms with Gasteiger partial charge in [-0.1, -0.05) is 48.5 Å². The minimum Gasteiger partial charge on any atom is -0.457 e. The highest BCUT2D eigenvalue weighted by atomic mass is 32.2. The number of anilines is 1. The van der Waals surface area contributed by atoms with Crippen molar-refractivity contribution in [3.63, 3.8) is 0 Å². The minimum atomic E-state index is -4.47. The normalized spacial score (nSPS) is 15.7. The summed E-state index contributed by atoms with van der Waals surface area (Å²) in [6, 6.07) is 20.7. The number of hydrogen-bond acceptors (Lipinski definition) is 4. The number of imide groups is 1. The Labute approximate surface area is 190 Å². The van der Waals surface area contributed by atoms with Crippen LogP contribution in [0.1, 0.15) is 11.3 Å². The van der Waals surface area contributed by atoms with E-state index in [0.29, 0.717) is 5.69 Å². The molecule has 0 atom stereocenters. The first-order valence-corrected chi connectivity index (χ1v) is 10.7. The van der Waals surface area contributed by atoms with Crippen molar-refractivity contribution in [2.75, 3.05) is 4.90 Å². The van der Waals surface area contributed by atoms with E-state index in [4.69, 9.17) is 4.42 Å². The van der Waals surface area contributed by atoms with Gasteiger partial charge in [0.25, 0.3) is 11.1 Å². The summed E-state index contributed by atoms with van der Waals surface area (Å²) in [5.41, 5.74) is -0.0365. The van der Waals surface area contributed by atoms with E-state index in [1.54, 1.807) is 18.2 Å². The highest BCUT2D eigenvalue weighted by Gasteiger charge is 2.37. The van der Waals surface area contributed by atoms with E-state index in [0.717, 1.165) is 39.6 Å². The molecule has 4 aromatic rings. The molecule has 1 aliphatic rings. The van der Waals surface area contributed by atoms with E-state index in [1.165, 1.54) is 24.3 Å². The van der Waals surface area contributed by atoms with Crippen LogP contribution in [0.2, 0.25) is 0 Å². The number of furan rings is 1. The summed E-state index contributed by atoms with van der Waals surface area (Å²) in [4.78, 5) is 27.0. The van der Waals surface area contributed by atoms with Gasteiger partial charge in [0.1, 0.15) is 11.5 Å². The number of halogens is 3. The average molecular weight is 465 g/mol. The summed E-state index contributed by atoms with van der Waals surface area (Å²) >= 11 is 0.781. The number of amides is 2. The number of rotatable bonds is 3. The fraction of sp³-hybridized carbons (Fsp3) is 0.0400. The fourth-order valence-electron chi connectivity index (χ4n) is 3.64. The van der Waals surface area contributed by atoms with E-state index in [9.17, 15) is 22.8 Å². The predicted molar refractivity (Wildman–Crippen MR) is 122 cm³/mol. The van der Waals surface area contributed by atoms with Crippen LogP contribution in [0, 0.1) is 0 Å². The van der Waals surface area contributed by atoms with Crippen molar-refractivity contribution in [2.24, 2.45) is 0 Å². The third kappa shape index (κ3) is 3.93. The zero-order valence-electron chi connectivity index (χ0n) is 16.8. The largest absolute Gasteiger partial charge is 0.457 e. The van der Waals surface area contributed by atoms with Crippen LogP contribution in [-0.4, -0.2) is 11.1 Å². The van der Waals surface area contributed by atoms with E-state index in [2.05, 4.69) is 0 Å². The molecule has 1 aliphatic heterocycles. The Hall–Kier alpha value is -3.78. The molecule has 33 heavy (non-hydrogen) atoms. The van der Waals surface area contributed by atoms with Gasteiger partial charge in [-0.25, -0.2) is 4.90 Å². The monoisotopic (exact) mass is 465 g/mol. The first-order valence-electron chi connectivity index (χ1n) is 9.84. The number of thioether (sulfide) groups is 1. The molecule has 1 aromatic heterocycles. The molecule has 0 N–H and O–H groups in total. The van der Waals surface area contributed by atoms with Crippen molar-refractivity contribution in [1.29, 1.82) is 0 Å². The highest BCUT2D eigenvalue weighted by Crippen LogP contribution is 2.39. The summed E-state index contributed by atoms with van der Waals surface area (Å²) in [6.07, 6.45) is -3.04. The van der Waals surface area contributed by atoms with Gasteiger partial charge >= 0.3 is 6.18 Å². The van der Waals surface area contributed by atoms with E-state index >= 15 is 0 Å². The summed E-state index contributed by atoms with van der Waals surface area (Å²) < 4.78 is 44.6. The molecule has 3 aromatic carbocycles. The number of nitrogens with zero attached hydrogens (tertiary/aromatic N) is 1. The Kier molecular flexibility index (Phi) is 5.09. The average Bonchev–Trinajstić information content (AvgIpc) is 3.37. The molecule has 2 heterocycles. The number of hydrogen-bond donors (Lipinski definition) is 0. The maximum absolute atomic E-state index is 13.0. The van der Waals surface area contributed by atoms with Gasteiger partial charge in [0.05, 0.1) is 16.2 Å². The molecule has 1 saturated heterocycles. The number of carbonyl (C=O) groups excluding carboxylic acids is 2. The molecule has 8 heteroatoms. The first-order chi connectivity index (χ1) is 15.8. The quantitative estimate of drug-likeness (QED) is 0.297.